The minimum atomic E-state index is -0.867. The first-order valence-corrected chi connectivity index (χ1v) is 8.11. The van der Waals surface area contributed by atoms with Gasteiger partial charge >= 0.3 is 12.1 Å². The van der Waals surface area contributed by atoms with E-state index in [9.17, 15) is 14.4 Å². The van der Waals surface area contributed by atoms with Gasteiger partial charge in [0.1, 0.15) is 23.0 Å². The van der Waals surface area contributed by atoms with Crippen molar-refractivity contribution in [3.8, 4) is 0 Å². The molecule has 0 aliphatic heterocycles. The van der Waals surface area contributed by atoms with Crippen LogP contribution in [0.25, 0.3) is 0 Å². The number of hydrogen-bond acceptors (Lipinski definition) is 5. The predicted molar refractivity (Wildman–Crippen MR) is 86.0 cm³/mol. The number of hydrogen-bond donors (Lipinski definition) is 1. The van der Waals surface area contributed by atoms with E-state index in [-0.39, 0.29) is 18.1 Å². The van der Waals surface area contributed by atoms with Gasteiger partial charge < -0.3 is 14.8 Å². The van der Waals surface area contributed by atoms with E-state index < -0.39 is 29.3 Å². The Kier molecular flexibility index (Phi) is 6.19. The highest BCUT2D eigenvalue weighted by atomic mass is 16.6. The molecule has 23 heavy (non-hydrogen) atoms. The van der Waals surface area contributed by atoms with Gasteiger partial charge in [-0.25, -0.2) is 9.59 Å². The normalized spacial score (nSPS) is 20.6. The van der Waals surface area contributed by atoms with E-state index in [1.165, 1.54) is 0 Å². The van der Waals surface area contributed by atoms with Crippen LogP contribution in [0.3, 0.4) is 0 Å². The lowest BCUT2D eigenvalue weighted by atomic mass is 9.83. The average molecular weight is 327 g/mol. The van der Waals surface area contributed by atoms with Crippen molar-refractivity contribution in [1.29, 1.82) is 0 Å². The molecule has 1 rings (SSSR count). The topological polar surface area (TPSA) is 81.7 Å². The minimum Gasteiger partial charge on any atom is -0.458 e. The van der Waals surface area contributed by atoms with Crippen LogP contribution in [0.15, 0.2) is 0 Å². The Morgan fingerprint density at radius 3 is 2.13 bits per heavy atom. The summed E-state index contributed by atoms with van der Waals surface area (Å²) < 4.78 is 10.6. The molecule has 0 bridgehead atoms. The van der Waals surface area contributed by atoms with Gasteiger partial charge in [-0.15, -0.1) is 0 Å². The molecular weight excluding hydrogens is 298 g/mol. The van der Waals surface area contributed by atoms with Crippen LogP contribution in [0.5, 0.6) is 0 Å². The van der Waals surface area contributed by atoms with Crippen LogP contribution in [-0.4, -0.2) is 35.1 Å². The summed E-state index contributed by atoms with van der Waals surface area (Å²) >= 11 is 0. The van der Waals surface area contributed by atoms with Crippen molar-refractivity contribution in [2.45, 2.75) is 84.5 Å². The SMILES string of the molecule is CC(C)(C)OC(=O)N[C@H](C(=O)OC(C)(C)C)[C@H]1CCCC(=O)C1. The maximum absolute atomic E-state index is 12.5. The Hall–Kier alpha value is -1.59. The maximum atomic E-state index is 12.5. The molecule has 1 aliphatic carbocycles. The fraction of sp³-hybridized carbons (Fsp3) is 0.824. The van der Waals surface area contributed by atoms with Crippen LogP contribution in [0.4, 0.5) is 4.79 Å². The van der Waals surface area contributed by atoms with E-state index in [1.807, 2.05) is 0 Å². The monoisotopic (exact) mass is 327 g/mol. The first-order chi connectivity index (χ1) is 10.4. The first kappa shape index (κ1) is 19.5. The highest BCUT2D eigenvalue weighted by molar-refractivity contribution is 5.85. The zero-order valence-corrected chi connectivity index (χ0v) is 15.0. The van der Waals surface area contributed by atoms with Crippen molar-refractivity contribution in [2.24, 2.45) is 5.92 Å². The Labute approximate surface area is 138 Å². The highest BCUT2D eigenvalue weighted by Gasteiger charge is 2.37. The maximum Gasteiger partial charge on any atom is 0.408 e. The molecule has 1 fully saturated rings. The largest absolute Gasteiger partial charge is 0.458 e. The number of nitrogens with one attached hydrogen (secondary N) is 1. The third-order valence-corrected chi connectivity index (χ3v) is 3.32. The second-order valence-corrected chi connectivity index (χ2v) is 8.05. The molecule has 2 atom stereocenters. The molecule has 1 saturated carbocycles. The van der Waals surface area contributed by atoms with Crippen molar-refractivity contribution >= 4 is 17.8 Å². The molecule has 0 spiro atoms. The number of carbonyl (C=O) groups is 3. The van der Waals surface area contributed by atoms with E-state index in [0.717, 1.165) is 6.42 Å². The van der Waals surface area contributed by atoms with E-state index >= 15 is 0 Å². The van der Waals surface area contributed by atoms with Gasteiger partial charge in [0.15, 0.2) is 0 Å². The fourth-order valence-corrected chi connectivity index (χ4v) is 2.51. The number of rotatable bonds is 3. The van der Waals surface area contributed by atoms with Crippen molar-refractivity contribution in [1.82, 2.24) is 5.32 Å². The molecule has 0 aromatic carbocycles. The van der Waals surface area contributed by atoms with Gasteiger partial charge in [-0.1, -0.05) is 0 Å². The lowest BCUT2D eigenvalue weighted by Gasteiger charge is -2.32. The number of alkyl carbamates (subject to hydrolysis) is 1. The summed E-state index contributed by atoms with van der Waals surface area (Å²) in [6.07, 6.45) is 1.56. The molecule has 6 nitrogen and oxygen atoms in total. The number of Topliss-reactive ketones (excluding diaryl/α,β-unsaturated/α-hetero) is 1. The summed E-state index contributed by atoms with van der Waals surface area (Å²) in [7, 11) is 0. The van der Waals surface area contributed by atoms with Crippen LogP contribution in [0, 0.1) is 5.92 Å². The Morgan fingerprint density at radius 1 is 1.09 bits per heavy atom. The van der Waals surface area contributed by atoms with Gasteiger partial charge in [-0.3, -0.25) is 4.79 Å². The van der Waals surface area contributed by atoms with Crippen LogP contribution >= 0.6 is 0 Å². The molecule has 0 unspecified atom stereocenters. The summed E-state index contributed by atoms with van der Waals surface area (Å²) in [6, 6.07) is -0.867. The molecule has 6 heteroatoms. The number of esters is 1. The standard InChI is InChI=1S/C17H29NO5/c1-16(2,3)22-14(20)13(11-8-7-9-12(19)10-11)18-15(21)23-17(4,5)6/h11,13H,7-10H2,1-6H3,(H,18,21)/t11-,13-/m0/s1. The Morgan fingerprint density at radius 2 is 1.65 bits per heavy atom. The van der Waals surface area contributed by atoms with Crippen molar-refractivity contribution in [3.63, 3.8) is 0 Å². The van der Waals surface area contributed by atoms with Gasteiger partial charge in [0.2, 0.25) is 0 Å². The third kappa shape index (κ3) is 7.48. The smallest absolute Gasteiger partial charge is 0.408 e. The summed E-state index contributed by atoms with van der Waals surface area (Å²) in [5.74, 6) is -0.664. The van der Waals surface area contributed by atoms with Crippen molar-refractivity contribution in [2.75, 3.05) is 0 Å². The van der Waals surface area contributed by atoms with Gasteiger partial charge in [0, 0.05) is 12.8 Å². The average Bonchev–Trinajstić information content (AvgIpc) is 2.31. The van der Waals surface area contributed by atoms with Gasteiger partial charge in [-0.2, -0.15) is 0 Å². The summed E-state index contributed by atoms with van der Waals surface area (Å²) in [5.41, 5.74) is -1.32. The molecular formula is C17H29NO5. The van der Waals surface area contributed by atoms with Crippen LogP contribution < -0.4 is 5.32 Å². The van der Waals surface area contributed by atoms with E-state index in [1.54, 1.807) is 41.5 Å². The van der Waals surface area contributed by atoms with Crippen LogP contribution in [0.2, 0.25) is 0 Å². The van der Waals surface area contributed by atoms with Crippen molar-refractivity contribution in [3.05, 3.63) is 0 Å². The molecule has 0 heterocycles. The van der Waals surface area contributed by atoms with E-state index in [2.05, 4.69) is 5.32 Å². The van der Waals surface area contributed by atoms with Crippen LogP contribution in [-0.2, 0) is 19.1 Å². The first-order valence-electron chi connectivity index (χ1n) is 8.11. The molecule has 0 saturated heterocycles. The number of carbonyl (C=O) groups excluding carboxylic acids is 3. The van der Waals surface area contributed by atoms with E-state index in [4.69, 9.17) is 9.47 Å². The Balaban J connectivity index is 2.85. The quantitative estimate of drug-likeness (QED) is 0.806. The van der Waals surface area contributed by atoms with E-state index in [0.29, 0.717) is 12.8 Å². The molecule has 1 aliphatic rings. The summed E-state index contributed by atoms with van der Waals surface area (Å²) in [5, 5.41) is 2.60. The second-order valence-electron chi connectivity index (χ2n) is 8.05. The lowest BCUT2D eigenvalue weighted by Crippen LogP contribution is -2.50. The second kappa shape index (κ2) is 7.32. The molecule has 0 aromatic rings. The molecule has 1 amide bonds. The number of amides is 1. The van der Waals surface area contributed by atoms with Crippen molar-refractivity contribution < 1.29 is 23.9 Å². The molecule has 1 N–H and O–H groups in total. The fourth-order valence-electron chi connectivity index (χ4n) is 2.51. The number of ketones is 1. The number of ether oxygens (including phenoxy) is 2. The van der Waals surface area contributed by atoms with Crippen LogP contribution in [0.1, 0.15) is 67.2 Å². The third-order valence-electron chi connectivity index (χ3n) is 3.32. The predicted octanol–water partition coefficient (Wildman–Crippen LogP) is 2.98. The van der Waals surface area contributed by atoms with Gasteiger partial charge in [0.05, 0.1) is 0 Å². The van der Waals surface area contributed by atoms with Gasteiger partial charge in [-0.05, 0) is 60.3 Å². The molecule has 0 radical (unpaired) electrons. The highest BCUT2D eigenvalue weighted by Crippen LogP contribution is 2.26. The van der Waals surface area contributed by atoms with Gasteiger partial charge in [0.25, 0.3) is 0 Å². The lowest BCUT2D eigenvalue weighted by molar-refractivity contribution is -0.159. The summed E-state index contributed by atoms with van der Waals surface area (Å²) in [6.45, 7) is 10.5. The molecule has 0 aromatic heterocycles. The minimum absolute atomic E-state index is 0.112. The summed E-state index contributed by atoms with van der Waals surface area (Å²) in [4.78, 5) is 36.2. The zero-order chi connectivity index (χ0) is 17.8. The molecule has 132 valence electrons. The zero-order valence-electron chi connectivity index (χ0n) is 15.0. The Bertz CT molecular complexity index is 459.